The second kappa shape index (κ2) is 5.34. The first-order valence-electron chi connectivity index (χ1n) is 4.68. The molecule has 0 unspecified atom stereocenters. The molecule has 0 saturated carbocycles. The van der Waals surface area contributed by atoms with Crippen molar-refractivity contribution in [2.75, 3.05) is 0 Å². The van der Waals surface area contributed by atoms with E-state index < -0.39 is 12.1 Å². The van der Waals surface area contributed by atoms with Gasteiger partial charge in [-0.1, -0.05) is 12.1 Å². The smallest absolute Gasteiger partial charge is 0.406 e. The molecule has 0 aliphatic rings. The molecule has 0 aliphatic heterocycles. The Kier molecular flexibility index (Phi) is 4.10. The minimum absolute atomic E-state index is 0.0219. The summed E-state index contributed by atoms with van der Waals surface area (Å²) in [4.78, 5) is 11.4. The van der Waals surface area contributed by atoms with E-state index in [2.05, 4.69) is 4.74 Å². The van der Waals surface area contributed by atoms with Crippen LogP contribution in [-0.2, 0) is 0 Å². The Morgan fingerprint density at radius 3 is 2.71 bits per heavy atom. The van der Waals surface area contributed by atoms with Crippen LogP contribution in [0, 0.1) is 11.3 Å². The number of nitrogens with zero attached hydrogens (tertiary/aromatic N) is 1. The first-order chi connectivity index (χ1) is 7.92. The van der Waals surface area contributed by atoms with Gasteiger partial charge in [-0.15, -0.1) is 13.2 Å². The maximum Gasteiger partial charge on any atom is 0.573 e. The molecule has 1 rings (SSSR count). The molecule has 0 radical (unpaired) electrons. The Morgan fingerprint density at radius 2 is 2.12 bits per heavy atom. The zero-order valence-corrected chi connectivity index (χ0v) is 8.62. The molecule has 0 aliphatic carbocycles. The number of ketones is 1. The summed E-state index contributed by atoms with van der Waals surface area (Å²) in [7, 11) is 0. The lowest BCUT2D eigenvalue weighted by molar-refractivity contribution is -0.274. The van der Waals surface area contributed by atoms with E-state index in [0.717, 1.165) is 12.1 Å². The molecule has 90 valence electrons. The third kappa shape index (κ3) is 4.55. The minimum atomic E-state index is -4.78. The number of nitriles is 1. The molecular formula is C11H8F3NO2. The number of carbonyl (C=O) groups is 1. The lowest BCUT2D eigenvalue weighted by Crippen LogP contribution is -2.17. The zero-order valence-electron chi connectivity index (χ0n) is 8.62. The highest BCUT2D eigenvalue weighted by molar-refractivity contribution is 5.96. The van der Waals surface area contributed by atoms with Crippen LogP contribution in [-0.4, -0.2) is 12.1 Å². The van der Waals surface area contributed by atoms with Gasteiger partial charge < -0.3 is 4.74 Å². The maximum absolute atomic E-state index is 11.9. The van der Waals surface area contributed by atoms with E-state index in [1.54, 1.807) is 6.07 Å². The van der Waals surface area contributed by atoms with Crippen LogP contribution < -0.4 is 4.74 Å². The first kappa shape index (κ1) is 13.0. The minimum Gasteiger partial charge on any atom is -0.406 e. The first-order valence-corrected chi connectivity index (χ1v) is 4.68. The number of hydrogen-bond acceptors (Lipinski definition) is 3. The molecule has 1 aromatic rings. The standard InChI is InChI=1S/C11H8F3NO2/c12-11(13,14)17-9-4-1-3-8(7-9)10(16)5-2-6-15/h1,3-4,7H,2,5H2. The summed E-state index contributed by atoms with van der Waals surface area (Å²) >= 11 is 0. The second-order valence-electron chi connectivity index (χ2n) is 3.16. The van der Waals surface area contributed by atoms with Gasteiger partial charge in [0.25, 0.3) is 0 Å². The van der Waals surface area contributed by atoms with Crippen LogP contribution >= 0.6 is 0 Å². The van der Waals surface area contributed by atoms with E-state index in [1.807, 2.05) is 0 Å². The van der Waals surface area contributed by atoms with E-state index in [9.17, 15) is 18.0 Å². The van der Waals surface area contributed by atoms with Gasteiger partial charge in [0, 0.05) is 18.4 Å². The van der Waals surface area contributed by atoms with Crippen LogP contribution in [0.3, 0.4) is 0 Å². The summed E-state index contributed by atoms with van der Waals surface area (Å²) in [5.74, 6) is -0.834. The van der Waals surface area contributed by atoms with Gasteiger partial charge >= 0.3 is 6.36 Å². The molecule has 0 atom stereocenters. The predicted octanol–water partition coefficient (Wildman–Crippen LogP) is 3.07. The quantitative estimate of drug-likeness (QED) is 0.763. The van der Waals surface area contributed by atoms with Crippen LogP contribution in [0.1, 0.15) is 23.2 Å². The summed E-state index contributed by atoms with van der Waals surface area (Å²) in [6, 6.07) is 6.57. The van der Waals surface area contributed by atoms with Crippen molar-refractivity contribution in [2.45, 2.75) is 19.2 Å². The summed E-state index contributed by atoms with van der Waals surface area (Å²) in [5.41, 5.74) is 0.0991. The molecule has 3 nitrogen and oxygen atoms in total. The second-order valence-corrected chi connectivity index (χ2v) is 3.16. The number of carbonyl (C=O) groups excluding carboxylic acids is 1. The lowest BCUT2D eigenvalue weighted by Gasteiger charge is -2.09. The van der Waals surface area contributed by atoms with Gasteiger partial charge in [-0.2, -0.15) is 5.26 Å². The monoisotopic (exact) mass is 243 g/mol. The maximum atomic E-state index is 11.9. The molecule has 0 aromatic heterocycles. The molecule has 0 heterocycles. The average molecular weight is 243 g/mol. The highest BCUT2D eigenvalue weighted by Crippen LogP contribution is 2.23. The highest BCUT2D eigenvalue weighted by Gasteiger charge is 2.31. The number of rotatable bonds is 4. The van der Waals surface area contributed by atoms with Gasteiger partial charge in [0.2, 0.25) is 0 Å². The molecule has 1 aromatic carbocycles. The fraction of sp³-hybridized carbons (Fsp3) is 0.273. The average Bonchev–Trinajstić information content (AvgIpc) is 2.24. The van der Waals surface area contributed by atoms with E-state index in [4.69, 9.17) is 5.26 Å². The normalized spacial score (nSPS) is 10.7. The third-order valence-corrected chi connectivity index (χ3v) is 1.85. The Bertz CT molecular complexity index is 449. The van der Waals surface area contributed by atoms with Gasteiger partial charge in [0.15, 0.2) is 5.78 Å². The zero-order chi connectivity index (χ0) is 12.9. The van der Waals surface area contributed by atoms with Crippen molar-refractivity contribution in [2.24, 2.45) is 0 Å². The fourth-order valence-electron chi connectivity index (χ4n) is 1.18. The van der Waals surface area contributed by atoms with Crippen LogP contribution in [0.2, 0.25) is 0 Å². The van der Waals surface area contributed by atoms with Crippen LogP contribution in [0.25, 0.3) is 0 Å². The molecule has 0 spiro atoms. The fourth-order valence-corrected chi connectivity index (χ4v) is 1.18. The van der Waals surface area contributed by atoms with Crippen molar-refractivity contribution in [1.82, 2.24) is 0 Å². The lowest BCUT2D eigenvalue weighted by atomic mass is 10.1. The summed E-state index contributed by atoms with van der Waals surface area (Å²) in [6.45, 7) is 0. The van der Waals surface area contributed by atoms with E-state index in [-0.39, 0.29) is 24.2 Å². The highest BCUT2D eigenvalue weighted by atomic mass is 19.4. The molecule has 0 amide bonds. The van der Waals surface area contributed by atoms with Crippen LogP contribution in [0.15, 0.2) is 24.3 Å². The number of ether oxygens (including phenoxy) is 1. The Labute approximate surface area is 95.4 Å². The summed E-state index contributed by atoms with van der Waals surface area (Å²) in [6.07, 6.45) is -4.77. The van der Waals surface area contributed by atoms with Gasteiger partial charge in [-0.25, -0.2) is 0 Å². The Balaban J connectivity index is 2.79. The van der Waals surface area contributed by atoms with Crippen molar-refractivity contribution in [3.63, 3.8) is 0 Å². The third-order valence-electron chi connectivity index (χ3n) is 1.85. The molecular weight excluding hydrogens is 235 g/mol. The van der Waals surface area contributed by atoms with Crippen molar-refractivity contribution in [1.29, 1.82) is 5.26 Å². The van der Waals surface area contributed by atoms with Crippen LogP contribution in [0.4, 0.5) is 13.2 Å². The summed E-state index contributed by atoms with van der Waals surface area (Å²) < 4.78 is 39.5. The number of benzene rings is 1. The van der Waals surface area contributed by atoms with Crippen LogP contribution in [0.5, 0.6) is 5.75 Å². The molecule has 0 fully saturated rings. The van der Waals surface area contributed by atoms with E-state index in [1.165, 1.54) is 12.1 Å². The van der Waals surface area contributed by atoms with Crippen molar-refractivity contribution < 1.29 is 22.7 Å². The van der Waals surface area contributed by atoms with Crippen molar-refractivity contribution >= 4 is 5.78 Å². The molecule has 17 heavy (non-hydrogen) atoms. The van der Waals surface area contributed by atoms with Gasteiger partial charge in [-0.3, -0.25) is 4.79 Å². The van der Waals surface area contributed by atoms with Gasteiger partial charge in [0.05, 0.1) is 6.07 Å². The number of alkyl halides is 3. The Morgan fingerprint density at radius 1 is 1.41 bits per heavy atom. The van der Waals surface area contributed by atoms with E-state index in [0.29, 0.717) is 0 Å². The van der Waals surface area contributed by atoms with Crippen molar-refractivity contribution in [3.8, 4) is 11.8 Å². The largest absolute Gasteiger partial charge is 0.573 e. The number of Topliss-reactive ketones (excluding diaryl/α,β-unsaturated/α-hetero) is 1. The number of halogens is 3. The number of hydrogen-bond donors (Lipinski definition) is 0. The van der Waals surface area contributed by atoms with Gasteiger partial charge in [-0.05, 0) is 12.1 Å². The molecule has 6 heteroatoms. The topological polar surface area (TPSA) is 50.1 Å². The molecule has 0 bridgehead atoms. The SMILES string of the molecule is N#CCCC(=O)c1cccc(OC(F)(F)F)c1. The molecule has 0 N–H and O–H groups in total. The van der Waals surface area contributed by atoms with Crippen molar-refractivity contribution in [3.05, 3.63) is 29.8 Å². The summed E-state index contributed by atoms with van der Waals surface area (Å²) in [5, 5.41) is 8.29. The van der Waals surface area contributed by atoms with E-state index >= 15 is 0 Å². The van der Waals surface area contributed by atoms with Gasteiger partial charge in [0.1, 0.15) is 5.75 Å². The molecule has 0 saturated heterocycles. The Hall–Kier alpha value is -2.03. The predicted molar refractivity (Wildman–Crippen MR) is 52.3 cm³/mol.